The maximum absolute atomic E-state index is 13.2. The van der Waals surface area contributed by atoms with Crippen LogP contribution >= 0.6 is 0 Å². The molecule has 0 saturated carbocycles. The van der Waals surface area contributed by atoms with Crippen molar-refractivity contribution in [1.29, 1.82) is 0 Å². The Morgan fingerprint density at radius 1 is 1.47 bits per heavy atom. The van der Waals surface area contributed by atoms with Gasteiger partial charge >= 0.3 is 0 Å². The van der Waals surface area contributed by atoms with Crippen LogP contribution in [0.5, 0.6) is 0 Å². The maximum Gasteiger partial charge on any atom is 0.125 e. The summed E-state index contributed by atoms with van der Waals surface area (Å²) in [6.45, 7) is 3.87. The Kier molecular flexibility index (Phi) is 2.91. The van der Waals surface area contributed by atoms with Gasteiger partial charge in [0.2, 0.25) is 0 Å². The van der Waals surface area contributed by atoms with Crippen molar-refractivity contribution >= 4 is 5.69 Å². The molecule has 1 aliphatic heterocycles. The molecule has 0 radical (unpaired) electrons. The lowest BCUT2D eigenvalue weighted by Crippen LogP contribution is -2.20. The van der Waals surface area contributed by atoms with Gasteiger partial charge in [-0.15, -0.1) is 0 Å². The summed E-state index contributed by atoms with van der Waals surface area (Å²) < 4.78 is 13.2. The number of hydrogen-bond acceptors (Lipinski definition) is 2. The monoisotopic (exact) mass is 209 g/mol. The average Bonchev–Trinajstić information content (AvgIpc) is 2.64. The number of anilines is 1. The molecule has 2 rings (SSSR count). The molecule has 0 aromatic heterocycles. The summed E-state index contributed by atoms with van der Waals surface area (Å²) >= 11 is 0. The minimum Gasteiger partial charge on any atom is -0.396 e. The van der Waals surface area contributed by atoms with Crippen molar-refractivity contribution in [2.24, 2.45) is 5.92 Å². The van der Waals surface area contributed by atoms with E-state index >= 15 is 0 Å². The maximum atomic E-state index is 13.2. The van der Waals surface area contributed by atoms with Crippen molar-refractivity contribution in [3.63, 3.8) is 0 Å². The fourth-order valence-corrected chi connectivity index (χ4v) is 2.12. The smallest absolute Gasteiger partial charge is 0.125 e. The highest BCUT2D eigenvalue weighted by atomic mass is 19.1. The van der Waals surface area contributed by atoms with E-state index in [0.717, 1.165) is 30.8 Å². The molecule has 1 heterocycles. The van der Waals surface area contributed by atoms with Crippen LogP contribution in [0.1, 0.15) is 12.0 Å². The Morgan fingerprint density at radius 2 is 2.27 bits per heavy atom. The van der Waals surface area contributed by atoms with Crippen molar-refractivity contribution in [1.82, 2.24) is 0 Å². The molecule has 1 N–H and O–H groups in total. The van der Waals surface area contributed by atoms with E-state index in [1.807, 2.05) is 13.0 Å². The summed E-state index contributed by atoms with van der Waals surface area (Å²) in [5.74, 6) is 0.158. The van der Waals surface area contributed by atoms with E-state index < -0.39 is 0 Å². The molecule has 1 unspecified atom stereocenters. The fraction of sp³-hybridized carbons (Fsp3) is 0.500. The van der Waals surface area contributed by atoms with E-state index in [1.54, 1.807) is 6.07 Å². The van der Waals surface area contributed by atoms with Crippen LogP contribution in [0.2, 0.25) is 0 Å². The van der Waals surface area contributed by atoms with Gasteiger partial charge in [-0.25, -0.2) is 4.39 Å². The molecule has 1 aromatic rings. The minimum absolute atomic E-state index is 0.183. The molecule has 1 aromatic carbocycles. The lowest BCUT2D eigenvalue weighted by atomic mass is 10.1. The average molecular weight is 209 g/mol. The predicted molar refractivity (Wildman–Crippen MR) is 58.5 cm³/mol. The highest BCUT2D eigenvalue weighted by molar-refractivity contribution is 5.49. The van der Waals surface area contributed by atoms with Crippen LogP contribution in [0, 0.1) is 18.7 Å². The number of aliphatic hydroxyl groups excluding tert-OH is 1. The van der Waals surface area contributed by atoms with Crippen molar-refractivity contribution in [2.45, 2.75) is 13.3 Å². The third-order valence-corrected chi connectivity index (χ3v) is 2.94. The van der Waals surface area contributed by atoms with Crippen molar-refractivity contribution in [3.8, 4) is 0 Å². The first-order chi connectivity index (χ1) is 7.19. The summed E-state index contributed by atoms with van der Waals surface area (Å²) in [6, 6.07) is 5.08. The van der Waals surface area contributed by atoms with Gasteiger partial charge in [0.1, 0.15) is 5.82 Å². The summed E-state index contributed by atoms with van der Waals surface area (Å²) in [5.41, 5.74) is 1.88. The van der Waals surface area contributed by atoms with E-state index in [2.05, 4.69) is 4.90 Å². The normalized spacial score (nSPS) is 21.0. The number of aryl methyl sites for hydroxylation is 1. The number of benzene rings is 1. The zero-order chi connectivity index (χ0) is 10.8. The Hall–Kier alpha value is -1.09. The number of nitrogens with zero attached hydrogens (tertiary/aromatic N) is 1. The van der Waals surface area contributed by atoms with E-state index in [0.29, 0.717) is 5.92 Å². The van der Waals surface area contributed by atoms with E-state index in [1.165, 1.54) is 6.07 Å². The Morgan fingerprint density at radius 3 is 2.87 bits per heavy atom. The number of halogens is 1. The van der Waals surface area contributed by atoms with Gasteiger partial charge in [-0.3, -0.25) is 0 Å². The summed E-state index contributed by atoms with van der Waals surface area (Å²) in [5, 5.41) is 9.04. The summed E-state index contributed by atoms with van der Waals surface area (Å²) in [7, 11) is 0. The third kappa shape index (κ3) is 2.29. The van der Waals surface area contributed by atoms with Crippen LogP contribution in [0.3, 0.4) is 0 Å². The Balaban J connectivity index is 2.16. The Bertz CT molecular complexity index is 333. The second-order valence-corrected chi connectivity index (χ2v) is 4.27. The van der Waals surface area contributed by atoms with Gasteiger partial charge in [-0.2, -0.15) is 0 Å². The molecule has 1 aliphatic rings. The quantitative estimate of drug-likeness (QED) is 0.804. The largest absolute Gasteiger partial charge is 0.396 e. The number of aliphatic hydroxyl groups is 1. The van der Waals surface area contributed by atoms with Crippen LogP contribution in [-0.2, 0) is 0 Å². The lowest BCUT2D eigenvalue weighted by Gasteiger charge is -2.19. The van der Waals surface area contributed by atoms with Gasteiger partial charge in [-0.1, -0.05) is 0 Å². The molecule has 0 bridgehead atoms. The molecular weight excluding hydrogens is 193 g/mol. The minimum atomic E-state index is -0.183. The molecule has 1 fully saturated rings. The molecule has 1 atom stereocenters. The molecule has 82 valence electrons. The van der Waals surface area contributed by atoms with Crippen LogP contribution in [0.4, 0.5) is 10.1 Å². The molecular formula is C12H16FNO. The fourth-order valence-electron chi connectivity index (χ4n) is 2.12. The lowest BCUT2D eigenvalue weighted by molar-refractivity contribution is 0.238. The zero-order valence-corrected chi connectivity index (χ0v) is 8.91. The van der Waals surface area contributed by atoms with E-state index in [-0.39, 0.29) is 12.4 Å². The molecule has 3 heteroatoms. The second-order valence-electron chi connectivity index (χ2n) is 4.27. The van der Waals surface area contributed by atoms with E-state index in [4.69, 9.17) is 5.11 Å². The zero-order valence-electron chi connectivity index (χ0n) is 8.91. The first-order valence-electron chi connectivity index (χ1n) is 5.32. The first kappa shape index (κ1) is 10.4. The highest BCUT2D eigenvalue weighted by Crippen LogP contribution is 2.25. The van der Waals surface area contributed by atoms with Gasteiger partial charge in [0.15, 0.2) is 0 Å². The van der Waals surface area contributed by atoms with Crippen LogP contribution in [-0.4, -0.2) is 24.8 Å². The van der Waals surface area contributed by atoms with Crippen molar-refractivity contribution in [3.05, 3.63) is 29.6 Å². The van der Waals surface area contributed by atoms with Gasteiger partial charge in [-0.05, 0) is 37.1 Å². The summed E-state index contributed by atoms with van der Waals surface area (Å²) in [4.78, 5) is 2.14. The molecule has 15 heavy (non-hydrogen) atoms. The second kappa shape index (κ2) is 4.19. The van der Waals surface area contributed by atoms with Crippen LogP contribution in [0.25, 0.3) is 0 Å². The van der Waals surface area contributed by atoms with Crippen LogP contribution < -0.4 is 4.90 Å². The molecule has 2 nitrogen and oxygen atoms in total. The molecule has 0 amide bonds. The van der Waals surface area contributed by atoms with Gasteiger partial charge in [0, 0.05) is 31.3 Å². The topological polar surface area (TPSA) is 23.5 Å². The SMILES string of the molecule is Cc1cc(F)cc(N2CCC(CO)C2)c1. The van der Waals surface area contributed by atoms with Crippen molar-refractivity contribution in [2.75, 3.05) is 24.6 Å². The summed E-state index contributed by atoms with van der Waals surface area (Å²) in [6.07, 6.45) is 0.992. The predicted octanol–water partition coefficient (Wildman–Crippen LogP) is 1.95. The van der Waals surface area contributed by atoms with E-state index in [9.17, 15) is 4.39 Å². The van der Waals surface area contributed by atoms with Crippen molar-refractivity contribution < 1.29 is 9.50 Å². The number of hydrogen-bond donors (Lipinski definition) is 1. The first-order valence-corrected chi connectivity index (χ1v) is 5.32. The molecule has 1 saturated heterocycles. The third-order valence-electron chi connectivity index (χ3n) is 2.94. The standard InChI is InChI=1S/C12H16FNO/c1-9-4-11(13)6-12(5-9)14-3-2-10(7-14)8-15/h4-6,10,15H,2-3,7-8H2,1H3. The molecule has 0 spiro atoms. The van der Waals surface area contributed by atoms with Crippen LogP contribution in [0.15, 0.2) is 18.2 Å². The highest BCUT2D eigenvalue weighted by Gasteiger charge is 2.22. The van der Waals surface area contributed by atoms with Gasteiger partial charge < -0.3 is 10.0 Å². The van der Waals surface area contributed by atoms with Gasteiger partial charge in [0.25, 0.3) is 0 Å². The number of rotatable bonds is 2. The van der Waals surface area contributed by atoms with Gasteiger partial charge in [0.05, 0.1) is 0 Å². The Labute approximate surface area is 89.3 Å². The molecule has 0 aliphatic carbocycles.